The maximum Gasteiger partial charge on any atom is 0.211 e. The number of hydrogen-bond acceptors (Lipinski definition) is 3. The second-order valence-corrected chi connectivity index (χ2v) is 6.64. The lowest BCUT2D eigenvalue weighted by molar-refractivity contribution is 0.677. The molecule has 0 aliphatic heterocycles. The largest absolute Gasteiger partial charge is 0.369 e. The summed E-state index contributed by atoms with van der Waals surface area (Å²) in [5, 5.41) is 9.42. The Balaban J connectivity index is 0.00000225. The van der Waals surface area contributed by atoms with E-state index in [1.54, 1.807) is 12.3 Å². The van der Waals surface area contributed by atoms with Gasteiger partial charge in [0.25, 0.3) is 0 Å². The minimum Gasteiger partial charge on any atom is -0.369 e. The van der Waals surface area contributed by atoms with E-state index in [1.165, 1.54) is 0 Å². The lowest BCUT2D eigenvalue weighted by Crippen LogP contribution is -2.24. The Morgan fingerprint density at radius 3 is 2.68 bits per heavy atom. The lowest BCUT2D eigenvalue weighted by atomic mass is 9.80. The minimum absolute atomic E-state index is 0. The van der Waals surface area contributed by atoms with Gasteiger partial charge in [0.2, 0.25) is 5.96 Å². The molecule has 25 heavy (non-hydrogen) atoms. The molecule has 2 aromatic rings. The number of hydrogen-bond donors (Lipinski definition) is 2. The monoisotopic (exact) mass is 397 g/mol. The van der Waals surface area contributed by atoms with Crippen molar-refractivity contribution in [3.63, 3.8) is 0 Å². The smallest absolute Gasteiger partial charge is 0.211 e. The number of rotatable bonds is 2. The fourth-order valence-electron chi connectivity index (χ4n) is 3.06. The van der Waals surface area contributed by atoms with Gasteiger partial charge in [-0.25, -0.2) is 0 Å². The number of benzene rings is 1. The van der Waals surface area contributed by atoms with Crippen molar-refractivity contribution in [3.8, 4) is 0 Å². The van der Waals surface area contributed by atoms with E-state index >= 15 is 0 Å². The van der Waals surface area contributed by atoms with Gasteiger partial charge in [-0.05, 0) is 61.1 Å². The molecule has 0 saturated carbocycles. The van der Waals surface area contributed by atoms with Crippen LogP contribution in [0.4, 0.5) is 0 Å². The zero-order valence-electron chi connectivity index (χ0n) is 13.5. The molecule has 5 nitrogen and oxygen atoms in total. The first kappa shape index (κ1) is 19.5. The molecular formula is C17H18Cl3N5. The molecule has 0 saturated heterocycles. The van der Waals surface area contributed by atoms with Crippen molar-refractivity contribution < 1.29 is 0 Å². The Bertz CT molecular complexity index is 844. The summed E-state index contributed by atoms with van der Waals surface area (Å²) in [5.41, 5.74) is 15.7. The van der Waals surface area contributed by atoms with E-state index in [4.69, 9.17) is 34.7 Å². The van der Waals surface area contributed by atoms with Gasteiger partial charge >= 0.3 is 0 Å². The molecule has 1 heterocycles. The maximum absolute atomic E-state index is 6.38. The molecule has 1 atom stereocenters. The van der Waals surface area contributed by atoms with Gasteiger partial charge in [0.05, 0.1) is 11.4 Å². The minimum atomic E-state index is -0.0755. The molecule has 0 amide bonds. The molecule has 1 aromatic carbocycles. The highest BCUT2D eigenvalue weighted by molar-refractivity contribution is 6.33. The van der Waals surface area contributed by atoms with Crippen LogP contribution in [0.3, 0.4) is 0 Å². The quantitative estimate of drug-likeness (QED) is 0.457. The molecule has 1 unspecified atom stereocenters. The zero-order valence-corrected chi connectivity index (χ0v) is 15.9. The Morgan fingerprint density at radius 2 is 1.96 bits per heavy atom. The molecule has 1 aliphatic rings. The summed E-state index contributed by atoms with van der Waals surface area (Å²) in [5.74, 6) is 0.0412. The molecule has 132 valence electrons. The third-order valence-electron chi connectivity index (χ3n) is 4.09. The number of aromatic nitrogens is 1. The van der Waals surface area contributed by atoms with Gasteiger partial charge in [-0.1, -0.05) is 23.2 Å². The fraction of sp³-hybridized carbons (Fsp3) is 0.235. The fourth-order valence-corrected chi connectivity index (χ4v) is 3.51. The van der Waals surface area contributed by atoms with Crippen LogP contribution in [-0.4, -0.2) is 16.7 Å². The third kappa shape index (κ3) is 4.24. The average molecular weight is 399 g/mol. The summed E-state index contributed by atoms with van der Waals surface area (Å²) >= 11 is 12.5. The van der Waals surface area contributed by atoms with Crippen LogP contribution in [0, 0.1) is 6.92 Å². The Kier molecular flexibility index (Phi) is 6.27. The van der Waals surface area contributed by atoms with Gasteiger partial charge in [0.15, 0.2) is 0 Å². The van der Waals surface area contributed by atoms with Crippen LogP contribution < -0.4 is 11.5 Å². The van der Waals surface area contributed by atoms with Crippen LogP contribution in [0.15, 0.2) is 40.7 Å². The Hall–Kier alpha value is -1.82. The first-order valence-electron chi connectivity index (χ1n) is 7.51. The van der Waals surface area contributed by atoms with Gasteiger partial charge in [0.1, 0.15) is 0 Å². The van der Waals surface area contributed by atoms with E-state index in [-0.39, 0.29) is 24.3 Å². The van der Waals surface area contributed by atoms with Crippen LogP contribution in [0.2, 0.25) is 10.0 Å². The molecule has 8 heteroatoms. The number of halogens is 3. The van der Waals surface area contributed by atoms with E-state index in [9.17, 15) is 0 Å². The molecule has 4 N–H and O–H groups in total. The molecule has 1 aromatic heterocycles. The van der Waals surface area contributed by atoms with Crippen molar-refractivity contribution in [1.82, 2.24) is 4.98 Å². The van der Waals surface area contributed by atoms with Gasteiger partial charge in [-0.2, -0.15) is 5.10 Å². The van der Waals surface area contributed by atoms with Crippen molar-refractivity contribution >= 4 is 47.3 Å². The first-order valence-corrected chi connectivity index (χ1v) is 8.26. The number of aryl methyl sites for hydroxylation is 1. The molecule has 0 bridgehead atoms. The second kappa shape index (κ2) is 8.04. The highest BCUT2D eigenvalue weighted by atomic mass is 35.5. The van der Waals surface area contributed by atoms with Crippen LogP contribution >= 0.6 is 35.6 Å². The highest BCUT2D eigenvalue weighted by Gasteiger charge is 2.28. The second-order valence-electron chi connectivity index (χ2n) is 5.79. The molecular weight excluding hydrogens is 381 g/mol. The summed E-state index contributed by atoms with van der Waals surface area (Å²) in [4.78, 5) is 4.52. The standard InChI is InChI=1S/C17H17Cl2N5.ClH/c1-9-4-5-22-14-6-10(12-8-11(18)2-3-13(12)19)7-15(16(9)14)23-24-17(20)21;/h2-5,8,10H,6-7H2,1H3,(H4,20,21,24);1H/b23-15-;. The summed E-state index contributed by atoms with van der Waals surface area (Å²) < 4.78 is 0. The van der Waals surface area contributed by atoms with Gasteiger partial charge in [-0.3, -0.25) is 4.98 Å². The highest BCUT2D eigenvalue weighted by Crippen LogP contribution is 2.37. The van der Waals surface area contributed by atoms with Crippen molar-refractivity contribution in [2.45, 2.75) is 25.7 Å². The SMILES string of the molecule is Cc1ccnc2c1/C(=N\N=C(N)N)CC(c1cc(Cl)ccc1Cl)C2.Cl. The number of nitrogens with zero attached hydrogens (tertiary/aromatic N) is 3. The van der Waals surface area contributed by atoms with Gasteiger partial charge in [-0.15, -0.1) is 17.5 Å². The van der Waals surface area contributed by atoms with Crippen molar-refractivity contribution in [3.05, 3.63) is 62.9 Å². The number of nitrogens with two attached hydrogens (primary N) is 2. The van der Waals surface area contributed by atoms with Crippen molar-refractivity contribution in [2.24, 2.45) is 21.7 Å². The number of guanidine groups is 1. The molecule has 3 rings (SSSR count). The van der Waals surface area contributed by atoms with Crippen LogP contribution in [-0.2, 0) is 6.42 Å². The van der Waals surface area contributed by atoms with E-state index in [0.717, 1.165) is 34.5 Å². The third-order valence-corrected chi connectivity index (χ3v) is 4.67. The molecule has 0 radical (unpaired) electrons. The topological polar surface area (TPSA) is 89.6 Å². The van der Waals surface area contributed by atoms with Crippen molar-refractivity contribution in [2.75, 3.05) is 0 Å². The Morgan fingerprint density at radius 1 is 1.20 bits per heavy atom. The van der Waals surface area contributed by atoms with E-state index in [0.29, 0.717) is 16.5 Å². The first-order chi connectivity index (χ1) is 11.5. The van der Waals surface area contributed by atoms with Crippen LogP contribution in [0.25, 0.3) is 0 Å². The molecule has 0 spiro atoms. The number of pyridine rings is 1. The summed E-state index contributed by atoms with van der Waals surface area (Å²) in [6, 6.07) is 7.44. The molecule has 1 aliphatic carbocycles. The average Bonchev–Trinajstić information content (AvgIpc) is 2.54. The van der Waals surface area contributed by atoms with E-state index in [2.05, 4.69) is 15.2 Å². The predicted molar refractivity (Wildman–Crippen MR) is 106 cm³/mol. The van der Waals surface area contributed by atoms with E-state index in [1.807, 2.05) is 25.1 Å². The van der Waals surface area contributed by atoms with Crippen molar-refractivity contribution in [1.29, 1.82) is 0 Å². The van der Waals surface area contributed by atoms with Gasteiger partial charge in [0, 0.05) is 21.8 Å². The van der Waals surface area contributed by atoms with Crippen LogP contribution in [0.5, 0.6) is 0 Å². The normalized spacial score (nSPS) is 17.6. The Labute approximate surface area is 162 Å². The predicted octanol–water partition coefficient (Wildman–Crippen LogP) is 3.83. The summed E-state index contributed by atoms with van der Waals surface area (Å²) in [6.07, 6.45) is 3.22. The molecule has 0 fully saturated rings. The van der Waals surface area contributed by atoms with E-state index < -0.39 is 0 Å². The summed E-state index contributed by atoms with van der Waals surface area (Å²) in [7, 11) is 0. The van der Waals surface area contributed by atoms with Gasteiger partial charge < -0.3 is 11.5 Å². The maximum atomic E-state index is 6.38. The zero-order chi connectivity index (χ0) is 17.3. The number of fused-ring (bicyclic) bond motifs is 1. The van der Waals surface area contributed by atoms with Crippen LogP contribution in [0.1, 0.15) is 34.7 Å². The summed E-state index contributed by atoms with van der Waals surface area (Å²) in [6.45, 7) is 2.03. The lowest BCUT2D eigenvalue weighted by Gasteiger charge is -2.27.